The van der Waals surface area contributed by atoms with Gasteiger partial charge in [0.15, 0.2) is 0 Å². The van der Waals surface area contributed by atoms with Crippen LogP contribution in [0.5, 0.6) is 0 Å². The SMILES string of the molecule is Nc1ccc(N(CC2CC2)CC2CC2)c2cccnc12. The van der Waals surface area contributed by atoms with Crippen LogP contribution in [0.15, 0.2) is 30.5 Å². The van der Waals surface area contributed by atoms with Crippen molar-refractivity contribution >= 4 is 22.3 Å². The van der Waals surface area contributed by atoms with Gasteiger partial charge in [-0.1, -0.05) is 0 Å². The van der Waals surface area contributed by atoms with Crippen LogP contribution in [0.2, 0.25) is 0 Å². The number of nitrogens with zero attached hydrogens (tertiary/aromatic N) is 2. The molecule has 0 saturated heterocycles. The molecule has 3 heteroatoms. The minimum atomic E-state index is 0.780. The van der Waals surface area contributed by atoms with Crippen molar-refractivity contribution in [3.8, 4) is 0 Å². The van der Waals surface area contributed by atoms with Crippen LogP contribution in [0, 0.1) is 11.8 Å². The predicted octanol–water partition coefficient (Wildman–Crippen LogP) is 3.44. The van der Waals surface area contributed by atoms with Crippen molar-refractivity contribution in [2.45, 2.75) is 25.7 Å². The maximum atomic E-state index is 6.07. The topological polar surface area (TPSA) is 42.1 Å². The molecule has 1 heterocycles. The number of hydrogen-bond donors (Lipinski definition) is 1. The first-order valence-corrected chi connectivity index (χ1v) is 7.69. The third-order valence-corrected chi connectivity index (χ3v) is 4.47. The molecule has 0 bridgehead atoms. The zero-order valence-electron chi connectivity index (χ0n) is 11.8. The maximum Gasteiger partial charge on any atom is 0.0951 e. The fraction of sp³-hybridized carbons (Fsp3) is 0.471. The van der Waals surface area contributed by atoms with E-state index in [0.717, 1.165) is 23.0 Å². The van der Waals surface area contributed by atoms with E-state index in [1.807, 2.05) is 18.3 Å². The number of hydrogen-bond acceptors (Lipinski definition) is 3. The smallest absolute Gasteiger partial charge is 0.0951 e. The lowest BCUT2D eigenvalue weighted by Gasteiger charge is -2.26. The van der Waals surface area contributed by atoms with Gasteiger partial charge in [0, 0.05) is 30.4 Å². The molecule has 0 atom stereocenters. The summed E-state index contributed by atoms with van der Waals surface area (Å²) in [6.45, 7) is 2.40. The molecule has 0 spiro atoms. The van der Waals surface area contributed by atoms with Crippen molar-refractivity contribution in [1.82, 2.24) is 4.98 Å². The standard InChI is InChI=1S/C17H21N3/c18-15-7-8-16(14-2-1-9-19-17(14)15)20(10-12-3-4-12)11-13-5-6-13/h1-2,7-9,12-13H,3-6,10-11,18H2. The number of anilines is 2. The van der Waals surface area contributed by atoms with Gasteiger partial charge >= 0.3 is 0 Å². The molecule has 0 radical (unpaired) electrons. The molecular weight excluding hydrogens is 246 g/mol. The summed E-state index contributed by atoms with van der Waals surface area (Å²) < 4.78 is 0. The summed E-state index contributed by atoms with van der Waals surface area (Å²) in [5.74, 6) is 1.80. The molecule has 2 aliphatic rings. The third-order valence-electron chi connectivity index (χ3n) is 4.47. The van der Waals surface area contributed by atoms with Crippen molar-refractivity contribution in [3.05, 3.63) is 30.5 Å². The van der Waals surface area contributed by atoms with Crippen LogP contribution in [0.4, 0.5) is 11.4 Å². The highest BCUT2D eigenvalue weighted by molar-refractivity contribution is 5.98. The summed E-state index contributed by atoms with van der Waals surface area (Å²) in [5.41, 5.74) is 9.12. The summed E-state index contributed by atoms with van der Waals surface area (Å²) in [4.78, 5) is 7.04. The second-order valence-corrected chi connectivity index (χ2v) is 6.37. The molecule has 2 aromatic rings. The summed E-state index contributed by atoms with van der Waals surface area (Å²) >= 11 is 0. The van der Waals surface area contributed by atoms with E-state index in [1.165, 1.54) is 49.8 Å². The predicted molar refractivity (Wildman–Crippen MR) is 83.8 cm³/mol. The van der Waals surface area contributed by atoms with Crippen LogP contribution in [-0.2, 0) is 0 Å². The Hall–Kier alpha value is -1.77. The van der Waals surface area contributed by atoms with Crippen LogP contribution < -0.4 is 10.6 Å². The number of nitrogen functional groups attached to an aromatic ring is 1. The lowest BCUT2D eigenvalue weighted by molar-refractivity contribution is 0.681. The van der Waals surface area contributed by atoms with Gasteiger partial charge in [-0.15, -0.1) is 0 Å². The Balaban J connectivity index is 1.74. The zero-order valence-corrected chi connectivity index (χ0v) is 11.8. The van der Waals surface area contributed by atoms with Crippen LogP contribution in [0.3, 0.4) is 0 Å². The largest absolute Gasteiger partial charge is 0.397 e. The Bertz CT molecular complexity index is 615. The molecule has 4 rings (SSSR count). The highest BCUT2D eigenvalue weighted by atomic mass is 15.1. The van der Waals surface area contributed by atoms with Crippen LogP contribution >= 0.6 is 0 Å². The van der Waals surface area contributed by atoms with E-state index in [9.17, 15) is 0 Å². The minimum Gasteiger partial charge on any atom is -0.397 e. The van der Waals surface area contributed by atoms with Crippen molar-refractivity contribution in [2.24, 2.45) is 11.8 Å². The lowest BCUT2D eigenvalue weighted by Crippen LogP contribution is -2.28. The van der Waals surface area contributed by atoms with Crippen LogP contribution in [0.1, 0.15) is 25.7 Å². The van der Waals surface area contributed by atoms with Gasteiger partial charge in [-0.3, -0.25) is 4.98 Å². The molecule has 2 N–H and O–H groups in total. The molecule has 3 nitrogen and oxygen atoms in total. The Morgan fingerprint density at radius 3 is 2.40 bits per heavy atom. The first-order valence-electron chi connectivity index (χ1n) is 7.69. The van der Waals surface area contributed by atoms with E-state index >= 15 is 0 Å². The second-order valence-electron chi connectivity index (χ2n) is 6.37. The summed E-state index contributed by atoms with van der Waals surface area (Å²) in [7, 11) is 0. The number of pyridine rings is 1. The summed E-state index contributed by atoms with van der Waals surface area (Å²) in [5, 5.41) is 1.20. The highest BCUT2D eigenvalue weighted by Crippen LogP contribution is 2.38. The molecule has 2 fully saturated rings. The van der Waals surface area contributed by atoms with Crippen molar-refractivity contribution in [1.29, 1.82) is 0 Å². The molecule has 2 aliphatic carbocycles. The number of fused-ring (bicyclic) bond motifs is 1. The molecule has 20 heavy (non-hydrogen) atoms. The quantitative estimate of drug-likeness (QED) is 0.844. The van der Waals surface area contributed by atoms with Gasteiger partial charge in [0.2, 0.25) is 0 Å². The molecule has 0 amide bonds. The number of rotatable bonds is 5. The van der Waals surface area contributed by atoms with Crippen molar-refractivity contribution in [2.75, 3.05) is 23.7 Å². The van der Waals surface area contributed by atoms with Gasteiger partial charge < -0.3 is 10.6 Å². The van der Waals surface area contributed by atoms with Crippen molar-refractivity contribution in [3.63, 3.8) is 0 Å². The fourth-order valence-corrected chi connectivity index (χ4v) is 2.95. The van der Waals surface area contributed by atoms with E-state index in [-0.39, 0.29) is 0 Å². The molecule has 104 valence electrons. The Labute approximate surface area is 119 Å². The van der Waals surface area contributed by atoms with Gasteiger partial charge in [0.1, 0.15) is 0 Å². The monoisotopic (exact) mass is 267 g/mol. The summed E-state index contributed by atoms with van der Waals surface area (Å²) in [6.07, 6.45) is 7.41. The highest BCUT2D eigenvalue weighted by Gasteiger charge is 2.30. The Morgan fingerprint density at radius 2 is 1.75 bits per heavy atom. The van der Waals surface area contributed by atoms with Gasteiger partial charge in [0.05, 0.1) is 11.2 Å². The average molecular weight is 267 g/mol. The number of aromatic nitrogens is 1. The molecular formula is C17H21N3. The third kappa shape index (κ3) is 2.33. The molecule has 0 aliphatic heterocycles. The maximum absolute atomic E-state index is 6.07. The van der Waals surface area contributed by atoms with E-state index in [4.69, 9.17) is 5.73 Å². The van der Waals surface area contributed by atoms with Crippen LogP contribution in [0.25, 0.3) is 10.9 Å². The van der Waals surface area contributed by atoms with E-state index in [1.54, 1.807) is 0 Å². The first kappa shape index (κ1) is 12.0. The fourth-order valence-electron chi connectivity index (χ4n) is 2.95. The zero-order chi connectivity index (χ0) is 13.5. The lowest BCUT2D eigenvalue weighted by atomic mass is 10.1. The van der Waals surface area contributed by atoms with Crippen LogP contribution in [-0.4, -0.2) is 18.1 Å². The molecule has 0 unspecified atom stereocenters. The van der Waals surface area contributed by atoms with Gasteiger partial charge in [-0.05, 0) is 61.8 Å². The van der Waals surface area contributed by atoms with Gasteiger partial charge in [-0.2, -0.15) is 0 Å². The Kier molecular flexibility index (Phi) is 2.79. The van der Waals surface area contributed by atoms with E-state index in [0.29, 0.717) is 0 Å². The molecule has 1 aromatic heterocycles. The van der Waals surface area contributed by atoms with Gasteiger partial charge in [0.25, 0.3) is 0 Å². The first-order chi connectivity index (χ1) is 9.81. The van der Waals surface area contributed by atoms with Crippen molar-refractivity contribution < 1.29 is 0 Å². The molecule has 1 aromatic carbocycles. The number of benzene rings is 1. The van der Waals surface area contributed by atoms with E-state index in [2.05, 4.69) is 22.0 Å². The number of nitrogens with two attached hydrogens (primary N) is 1. The summed E-state index contributed by atoms with van der Waals surface area (Å²) in [6, 6.07) is 8.36. The minimum absolute atomic E-state index is 0.780. The Morgan fingerprint density at radius 1 is 1.05 bits per heavy atom. The van der Waals surface area contributed by atoms with E-state index < -0.39 is 0 Å². The average Bonchev–Trinajstić information content (AvgIpc) is 3.35. The molecule has 2 saturated carbocycles. The second kappa shape index (κ2) is 4.65. The normalized spacial score (nSPS) is 18.4. The van der Waals surface area contributed by atoms with Gasteiger partial charge in [-0.25, -0.2) is 0 Å².